The minimum absolute atomic E-state index is 0.107. The van der Waals surface area contributed by atoms with Crippen molar-refractivity contribution in [2.24, 2.45) is 0 Å². The van der Waals surface area contributed by atoms with Crippen LogP contribution in [-0.2, 0) is 4.79 Å². The number of hydrogen-bond acceptors (Lipinski definition) is 3. The van der Waals surface area contributed by atoms with Crippen LogP contribution >= 0.6 is 0 Å². The van der Waals surface area contributed by atoms with E-state index in [1.165, 1.54) is 19.8 Å². The van der Waals surface area contributed by atoms with Crippen LogP contribution in [0.1, 0.15) is 45.4 Å². The number of aliphatic hydroxyl groups excluding tert-OH is 1. The van der Waals surface area contributed by atoms with Gasteiger partial charge in [-0.15, -0.1) is 0 Å². The molecule has 104 valence electrons. The van der Waals surface area contributed by atoms with Gasteiger partial charge in [0.1, 0.15) is 0 Å². The third kappa shape index (κ3) is 4.91. The van der Waals surface area contributed by atoms with Gasteiger partial charge in [0.2, 0.25) is 0 Å². The molecule has 0 bridgehead atoms. The number of rotatable bonds is 4. The first-order chi connectivity index (χ1) is 8.50. The molecule has 1 aliphatic rings. The van der Waals surface area contributed by atoms with Gasteiger partial charge in [-0.3, -0.25) is 0 Å². The summed E-state index contributed by atoms with van der Waals surface area (Å²) in [6.45, 7) is 1.34. The van der Waals surface area contributed by atoms with E-state index in [1.807, 2.05) is 0 Å². The van der Waals surface area contributed by atoms with Gasteiger partial charge < -0.3 is 20.8 Å². The summed E-state index contributed by atoms with van der Waals surface area (Å²) in [6.07, 6.45) is 5.28. The quantitative estimate of drug-likeness (QED) is 0.562. The number of carbonyl (C=O) groups excluding carboxylic acids is 1. The van der Waals surface area contributed by atoms with E-state index in [0.29, 0.717) is 0 Å². The lowest BCUT2D eigenvalue weighted by atomic mass is 10.1. The Morgan fingerprint density at radius 2 is 1.72 bits per heavy atom. The second kappa shape index (κ2) is 7.20. The van der Waals surface area contributed by atoms with Crippen molar-refractivity contribution in [1.82, 2.24) is 10.6 Å². The third-order valence-electron chi connectivity index (χ3n) is 3.23. The van der Waals surface area contributed by atoms with Gasteiger partial charge in [-0.1, -0.05) is 25.7 Å². The fraction of sp³-hybridized carbons (Fsp3) is 0.833. The van der Waals surface area contributed by atoms with Crippen LogP contribution in [0.3, 0.4) is 0 Å². The van der Waals surface area contributed by atoms with Crippen LogP contribution in [0.15, 0.2) is 0 Å². The molecule has 0 spiro atoms. The number of carboxylic acid groups (broad SMARTS) is 1. The Bertz CT molecular complexity index is 286. The van der Waals surface area contributed by atoms with Crippen molar-refractivity contribution >= 4 is 12.0 Å². The molecule has 1 aliphatic carbocycles. The van der Waals surface area contributed by atoms with E-state index in [1.54, 1.807) is 0 Å². The van der Waals surface area contributed by atoms with E-state index in [2.05, 4.69) is 10.6 Å². The molecule has 0 heterocycles. The van der Waals surface area contributed by atoms with Gasteiger partial charge >= 0.3 is 12.0 Å². The number of carboxylic acids is 1. The molecule has 0 unspecified atom stereocenters. The molecule has 4 N–H and O–H groups in total. The van der Waals surface area contributed by atoms with Gasteiger partial charge in [0.25, 0.3) is 0 Å². The number of urea groups is 1. The van der Waals surface area contributed by atoms with Gasteiger partial charge in [0, 0.05) is 6.04 Å². The van der Waals surface area contributed by atoms with Gasteiger partial charge in [-0.25, -0.2) is 9.59 Å². The standard InChI is InChI=1S/C12H22N2O4/c1-8(15)10(11(16)17)14-12(18)13-9-6-4-2-3-5-7-9/h8-10,15H,2-7H2,1H3,(H,16,17)(H2,13,14,18)/t8-,10+/m1/s1. The van der Waals surface area contributed by atoms with Crippen LogP contribution in [0.25, 0.3) is 0 Å². The first-order valence-electron chi connectivity index (χ1n) is 6.48. The maximum absolute atomic E-state index is 11.6. The van der Waals surface area contributed by atoms with Crippen LogP contribution in [0.2, 0.25) is 0 Å². The van der Waals surface area contributed by atoms with Crippen molar-refractivity contribution in [2.45, 2.75) is 63.6 Å². The highest BCUT2D eigenvalue weighted by molar-refractivity contribution is 5.83. The lowest BCUT2D eigenvalue weighted by Gasteiger charge is -2.21. The molecule has 0 aromatic carbocycles. The number of hydrogen-bond donors (Lipinski definition) is 4. The molecule has 0 aromatic rings. The van der Waals surface area contributed by atoms with E-state index < -0.39 is 24.1 Å². The van der Waals surface area contributed by atoms with Crippen molar-refractivity contribution in [3.63, 3.8) is 0 Å². The number of carbonyl (C=O) groups is 2. The Morgan fingerprint density at radius 3 is 2.17 bits per heavy atom. The SMILES string of the molecule is C[C@@H](O)[C@H](NC(=O)NC1CCCCCC1)C(=O)O. The maximum atomic E-state index is 11.6. The lowest BCUT2D eigenvalue weighted by Crippen LogP contribution is -2.53. The molecule has 1 fully saturated rings. The molecule has 0 aromatic heterocycles. The Balaban J connectivity index is 2.41. The molecule has 6 heteroatoms. The minimum Gasteiger partial charge on any atom is -0.480 e. The molecular formula is C12H22N2O4. The summed E-state index contributed by atoms with van der Waals surface area (Å²) in [6, 6.07) is -1.68. The smallest absolute Gasteiger partial charge is 0.328 e. The molecule has 0 saturated heterocycles. The summed E-state index contributed by atoms with van der Waals surface area (Å²) in [4.78, 5) is 22.5. The fourth-order valence-corrected chi connectivity index (χ4v) is 2.18. The second-order valence-electron chi connectivity index (χ2n) is 4.86. The highest BCUT2D eigenvalue weighted by atomic mass is 16.4. The van der Waals surface area contributed by atoms with Gasteiger partial charge in [0.15, 0.2) is 6.04 Å². The van der Waals surface area contributed by atoms with E-state index in [-0.39, 0.29) is 6.04 Å². The zero-order valence-corrected chi connectivity index (χ0v) is 10.7. The van der Waals surface area contributed by atoms with Gasteiger partial charge in [-0.2, -0.15) is 0 Å². The highest BCUT2D eigenvalue weighted by Gasteiger charge is 2.25. The number of aliphatic carboxylic acids is 1. The zero-order valence-electron chi connectivity index (χ0n) is 10.7. The third-order valence-corrected chi connectivity index (χ3v) is 3.23. The highest BCUT2D eigenvalue weighted by Crippen LogP contribution is 2.17. The van der Waals surface area contributed by atoms with Crippen molar-refractivity contribution in [2.75, 3.05) is 0 Å². The van der Waals surface area contributed by atoms with Crippen molar-refractivity contribution in [3.8, 4) is 0 Å². The van der Waals surface area contributed by atoms with Crippen LogP contribution in [0.4, 0.5) is 4.79 Å². The van der Waals surface area contributed by atoms with E-state index in [4.69, 9.17) is 5.11 Å². The summed E-state index contributed by atoms with van der Waals surface area (Å²) in [7, 11) is 0. The topological polar surface area (TPSA) is 98.7 Å². The molecule has 2 amide bonds. The van der Waals surface area contributed by atoms with Crippen molar-refractivity contribution in [1.29, 1.82) is 0 Å². The maximum Gasteiger partial charge on any atom is 0.328 e. The summed E-state index contributed by atoms with van der Waals surface area (Å²) in [5.74, 6) is -1.24. The Morgan fingerprint density at radius 1 is 1.17 bits per heavy atom. The monoisotopic (exact) mass is 258 g/mol. The zero-order chi connectivity index (χ0) is 13.5. The first-order valence-corrected chi connectivity index (χ1v) is 6.48. The van der Waals surface area contributed by atoms with Crippen molar-refractivity contribution < 1.29 is 19.8 Å². The molecule has 2 atom stereocenters. The van der Waals surface area contributed by atoms with Crippen LogP contribution in [0, 0.1) is 0 Å². The molecule has 18 heavy (non-hydrogen) atoms. The number of nitrogens with one attached hydrogen (secondary N) is 2. The van der Waals surface area contributed by atoms with E-state index in [9.17, 15) is 14.7 Å². The normalized spacial score (nSPS) is 20.6. The fourth-order valence-electron chi connectivity index (χ4n) is 2.18. The van der Waals surface area contributed by atoms with E-state index in [0.717, 1.165) is 25.7 Å². The van der Waals surface area contributed by atoms with Crippen LogP contribution < -0.4 is 10.6 Å². The summed E-state index contributed by atoms with van der Waals surface area (Å²) in [5, 5.41) is 23.2. The number of aliphatic hydroxyl groups is 1. The first kappa shape index (κ1) is 14.8. The predicted molar refractivity (Wildman–Crippen MR) is 66.3 cm³/mol. The second-order valence-corrected chi connectivity index (χ2v) is 4.86. The van der Waals surface area contributed by atoms with Crippen LogP contribution in [-0.4, -0.2) is 40.4 Å². The summed E-state index contributed by atoms with van der Waals surface area (Å²) >= 11 is 0. The average molecular weight is 258 g/mol. The lowest BCUT2D eigenvalue weighted by molar-refractivity contribution is -0.141. The summed E-state index contributed by atoms with van der Waals surface area (Å²) in [5.41, 5.74) is 0. The summed E-state index contributed by atoms with van der Waals surface area (Å²) < 4.78 is 0. The largest absolute Gasteiger partial charge is 0.480 e. The predicted octanol–water partition coefficient (Wildman–Crippen LogP) is 0.842. The van der Waals surface area contributed by atoms with Crippen LogP contribution in [0.5, 0.6) is 0 Å². The molecular weight excluding hydrogens is 236 g/mol. The average Bonchev–Trinajstić information content (AvgIpc) is 2.53. The molecule has 1 saturated carbocycles. The Labute approximate surface area is 107 Å². The molecule has 6 nitrogen and oxygen atoms in total. The molecule has 1 rings (SSSR count). The van der Waals surface area contributed by atoms with Gasteiger partial charge in [0.05, 0.1) is 6.10 Å². The minimum atomic E-state index is -1.27. The Hall–Kier alpha value is -1.30. The van der Waals surface area contributed by atoms with E-state index >= 15 is 0 Å². The Kier molecular flexibility index (Phi) is 5.91. The van der Waals surface area contributed by atoms with Gasteiger partial charge in [-0.05, 0) is 19.8 Å². The van der Waals surface area contributed by atoms with Crippen molar-refractivity contribution in [3.05, 3.63) is 0 Å². The molecule has 0 radical (unpaired) electrons. The molecule has 0 aliphatic heterocycles. The number of amides is 2.